The van der Waals surface area contributed by atoms with Crippen molar-refractivity contribution in [3.8, 4) is 6.07 Å². The molecular formula is C20H22F2N6O2. The standard InChI is InChI=1S/C20H22F2N6O2/c1-28-12-14(16(27-28)17(21)22)18(29)24-20(9-5-2-6-10-20)19(30)26-25-15-8-4-3-7-13(15)11-23/h3-4,7-8,12,17,25H,2,5-6,9-10H2,1H3,(H,24,29)(H,26,30). The van der Waals surface area contributed by atoms with Gasteiger partial charge in [0.1, 0.15) is 17.3 Å². The van der Waals surface area contributed by atoms with Crippen LogP contribution in [0.15, 0.2) is 30.5 Å². The van der Waals surface area contributed by atoms with Crippen LogP contribution in [0.4, 0.5) is 14.5 Å². The van der Waals surface area contributed by atoms with E-state index in [0.29, 0.717) is 36.9 Å². The van der Waals surface area contributed by atoms with E-state index in [2.05, 4.69) is 21.3 Å². The molecule has 0 radical (unpaired) electrons. The smallest absolute Gasteiger partial charge is 0.282 e. The Hall–Kier alpha value is -3.48. The third-order valence-corrected chi connectivity index (χ3v) is 5.16. The van der Waals surface area contributed by atoms with Gasteiger partial charge in [0.05, 0.1) is 16.8 Å². The number of aryl methyl sites for hydroxylation is 1. The highest BCUT2D eigenvalue weighted by atomic mass is 19.3. The van der Waals surface area contributed by atoms with E-state index < -0.39 is 29.5 Å². The number of nitriles is 1. The SMILES string of the molecule is Cn1cc(C(=O)NC2(C(=O)NNc3ccccc3C#N)CCCCC2)c(C(F)F)n1. The lowest BCUT2D eigenvalue weighted by molar-refractivity contribution is -0.128. The normalized spacial score (nSPS) is 15.3. The van der Waals surface area contributed by atoms with Gasteiger partial charge in [0.2, 0.25) is 0 Å². The number of hydrogen-bond acceptors (Lipinski definition) is 5. The van der Waals surface area contributed by atoms with Gasteiger partial charge in [-0.25, -0.2) is 8.78 Å². The van der Waals surface area contributed by atoms with Gasteiger partial charge in [-0.3, -0.25) is 25.1 Å². The van der Waals surface area contributed by atoms with Crippen molar-refractivity contribution >= 4 is 17.5 Å². The van der Waals surface area contributed by atoms with Crippen LogP contribution in [0.3, 0.4) is 0 Å². The minimum Gasteiger partial charge on any atom is -0.337 e. The maximum atomic E-state index is 13.2. The van der Waals surface area contributed by atoms with Crippen molar-refractivity contribution in [1.82, 2.24) is 20.5 Å². The number of hydrogen-bond donors (Lipinski definition) is 3. The molecule has 1 aliphatic rings. The zero-order valence-electron chi connectivity index (χ0n) is 16.4. The number of halogens is 2. The molecule has 1 aromatic carbocycles. The molecule has 0 spiro atoms. The topological polar surface area (TPSA) is 112 Å². The molecule has 1 aliphatic carbocycles. The predicted octanol–water partition coefficient (Wildman–Crippen LogP) is 2.81. The molecule has 158 valence electrons. The third kappa shape index (κ3) is 4.40. The molecule has 2 amide bonds. The van der Waals surface area contributed by atoms with E-state index in [-0.39, 0.29) is 5.56 Å². The maximum Gasteiger partial charge on any atom is 0.282 e. The summed E-state index contributed by atoms with van der Waals surface area (Å²) in [6, 6.07) is 8.66. The first kappa shape index (κ1) is 21.2. The summed E-state index contributed by atoms with van der Waals surface area (Å²) in [5.74, 6) is -1.27. The number of anilines is 1. The first-order valence-corrected chi connectivity index (χ1v) is 9.56. The number of carbonyl (C=O) groups excluding carboxylic acids is 2. The average molecular weight is 416 g/mol. The molecule has 3 rings (SSSR count). The number of nitrogens with zero attached hydrogens (tertiary/aromatic N) is 3. The number of nitrogens with one attached hydrogen (secondary N) is 3. The van der Waals surface area contributed by atoms with Gasteiger partial charge >= 0.3 is 0 Å². The number of alkyl halides is 2. The van der Waals surface area contributed by atoms with Crippen molar-refractivity contribution in [2.24, 2.45) is 7.05 Å². The minimum atomic E-state index is -2.91. The number of carbonyl (C=O) groups is 2. The zero-order chi connectivity index (χ0) is 21.7. The van der Waals surface area contributed by atoms with E-state index in [0.717, 1.165) is 11.1 Å². The lowest BCUT2D eigenvalue weighted by atomic mass is 9.80. The van der Waals surface area contributed by atoms with Gasteiger partial charge in [0.25, 0.3) is 18.2 Å². The van der Waals surface area contributed by atoms with Gasteiger partial charge in [0, 0.05) is 13.2 Å². The van der Waals surface area contributed by atoms with E-state index in [4.69, 9.17) is 0 Å². The first-order valence-electron chi connectivity index (χ1n) is 9.56. The van der Waals surface area contributed by atoms with Crippen LogP contribution in [0, 0.1) is 11.3 Å². The second-order valence-electron chi connectivity index (χ2n) is 7.24. The molecule has 0 unspecified atom stereocenters. The van der Waals surface area contributed by atoms with Crippen LogP contribution in [0.2, 0.25) is 0 Å². The fourth-order valence-electron chi connectivity index (χ4n) is 3.62. The summed E-state index contributed by atoms with van der Waals surface area (Å²) < 4.78 is 27.6. The van der Waals surface area contributed by atoms with E-state index in [9.17, 15) is 23.6 Å². The Bertz CT molecular complexity index is 976. The molecule has 10 heteroatoms. The summed E-state index contributed by atoms with van der Waals surface area (Å²) in [6.45, 7) is 0. The van der Waals surface area contributed by atoms with Crippen molar-refractivity contribution in [3.05, 3.63) is 47.3 Å². The summed E-state index contributed by atoms with van der Waals surface area (Å²) in [5, 5.41) is 15.5. The second kappa shape index (κ2) is 8.90. The van der Waals surface area contributed by atoms with Crippen molar-refractivity contribution in [3.63, 3.8) is 0 Å². The number of aromatic nitrogens is 2. The highest BCUT2D eigenvalue weighted by Crippen LogP contribution is 2.30. The van der Waals surface area contributed by atoms with E-state index in [1.165, 1.54) is 13.2 Å². The monoisotopic (exact) mass is 416 g/mol. The number of amides is 2. The molecule has 1 heterocycles. The lowest BCUT2D eigenvalue weighted by Crippen LogP contribution is -2.60. The Kier molecular flexibility index (Phi) is 6.30. The molecule has 0 atom stereocenters. The highest BCUT2D eigenvalue weighted by Gasteiger charge is 2.42. The summed E-state index contributed by atoms with van der Waals surface area (Å²) in [6.07, 6.45) is 1.37. The van der Waals surface area contributed by atoms with Crippen LogP contribution in [-0.4, -0.2) is 27.1 Å². The van der Waals surface area contributed by atoms with Gasteiger partial charge in [-0.15, -0.1) is 0 Å². The Morgan fingerprint density at radius 1 is 1.23 bits per heavy atom. The molecule has 1 saturated carbocycles. The third-order valence-electron chi connectivity index (χ3n) is 5.16. The maximum absolute atomic E-state index is 13.2. The quantitative estimate of drug-likeness (QED) is 0.627. The summed E-state index contributed by atoms with van der Waals surface area (Å²) in [7, 11) is 1.45. The summed E-state index contributed by atoms with van der Waals surface area (Å²) in [5.41, 5.74) is 3.91. The van der Waals surface area contributed by atoms with Crippen molar-refractivity contribution in [2.75, 3.05) is 5.43 Å². The fraction of sp³-hybridized carbons (Fsp3) is 0.400. The summed E-state index contributed by atoms with van der Waals surface area (Å²) in [4.78, 5) is 25.8. The second-order valence-corrected chi connectivity index (χ2v) is 7.24. The van der Waals surface area contributed by atoms with Crippen LogP contribution in [0.25, 0.3) is 0 Å². The summed E-state index contributed by atoms with van der Waals surface area (Å²) >= 11 is 0. The Balaban J connectivity index is 1.80. The minimum absolute atomic E-state index is 0.256. The molecule has 0 saturated heterocycles. The molecule has 3 N–H and O–H groups in total. The van der Waals surface area contributed by atoms with Crippen molar-refractivity contribution in [2.45, 2.75) is 44.1 Å². The molecule has 0 bridgehead atoms. The fourth-order valence-corrected chi connectivity index (χ4v) is 3.62. The van der Waals surface area contributed by atoms with Crippen LogP contribution < -0.4 is 16.2 Å². The van der Waals surface area contributed by atoms with Crippen molar-refractivity contribution in [1.29, 1.82) is 5.26 Å². The van der Waals surface area contributed by atoms with Gasteiger partial charge in [-0.2, -0.15) is 10.4 Å². The van der Waals surface area contributed by atoms with Gasteiger partial charge < -0.3 is 5.32 Å². The molecule has 1 fully saturated rings. The number of rotatable bonds is 6. The van der Waals surface area contributed by atoms with Crippen molar-refractivity contribution < 1.29 is 18.4 Å². The van der Waals surface area contributed by atoms with E-state index >= 15 is 0 Å². The Morgan fingerprint density at radius 3 is 2.60 bits per heavy atom. The average Bonchev–Trinajstić information content (AvgIpc) is 3.15. The number of para-hydroxylation sites is 1. The molecule has 1 aromatic heterocycles. The zero-order valence-corrected chi connectivity index (χ0v) is 16.4. The molecule has 30 heavy (non-hydrogen) atoms. The van der Waals surface area contributed by atoms with Crippen LogP contribution in [0.1, 0.15) is 60.1 Å². The largest absolute Gasteiger partial charge is 0.337 e. The Labute approximate surface area is 172 Å². The van der Waals surface area contributed by atoms with Gasteiger partial charge in [0.15, 0.2) is 0 Å². The van der Waals surface area contributed by atoms with Crippen LogP contribution >= 0.6 is 0 Å². The number of benzene rings is 1. The van der Waals surface area contributed by atoms with Crippen LogP contribution in [0.5, 0.6) is 0 Å². The van der Waals surface area contributed by atoms with E-state index in [1.54, 1.807) is 24.3 Å². The lowest BCUT2D eigenvalue weighted by Gasteiger charge is -2.36. The molecule has 2 aromatic rings. The first-order chi connectivity index (χ1) is 14.4. The highest BCUT2D eigenvalue weighted by molar-refractivity contribution is 6.00. The van der Waals surface area contributed by atoms with E-state index in [1.807, 2.05) is 6.07 Å². The Morgan fingerprint density at radius 2 is 1.93 bits per heavy atom. The van der Waals surface area contributed by atoms with Gasteiger partial charge in [-0.05, 0) is 25.0 Å². The van der Waals surface area contributed by atoms with Gasteiger partial charge in [-0.1, -0.05) is 31.4 Å². The molecular weight excluding hydrogens is 394 g/mol. The molecule has 8 nitrogen and oxygen atoms in total. The number of hydrazine groups is 1. The molecule has 0 aliphatic heterocycles. The predicted molar refractivity (Wildman–Crippen MR) is 104 cm³/mol. The van der Waals surface area contributed by atoms with Crippen LogP contribution in [-0.2, 0) is 11.8 Å².